The van der Waals surface area contributed by atoms with Gasteiger partial charge < -0.3 is 4.42 Å². The molecule has 0 atom stereocenters. The number of hydrogen-bond donors (Lipinski definition) is 0. The topological polar surface area (TPSA) is 38.9 Å². The van der Waals surface area contributed by atoms with Gasteiger partial charge in [-0.25, -0.2) is 4.98 Å². The Hall–Kier alpha value is -3.46. The third kappa shape index (κ3) is 3.80. The largest absolute Gasteiger partial charge is 0.437 e. The second-order valence-corrected chi connectivity index (χ2v) is 9.25. The monoisotopic (exact) mass is 420 g/mol. The Bertz CT molecular complexity index is 1380. The number of pyridine rings is 2. The van der Waals surface area contributed by atoms with E-state index in [4.69, 9.17) is 14.4 Å². The summed E-state index contributed by atoms with van der Waals surface area (Å²) in [6.45, 7) is 8.79. The highest BCUT2D eigenvalue weighted by Crippen LogP contribution is 2.35. The number of para-hydroxylation sites is 1. The van der Waals surface area contributed by atoms with Gasteiger partial charge in [-0.05, 0) is 53.6 Å². The van der Waals surface area contributed by atoms with Crippen LogP contribution in [0.25, 0.3) is 44.5 Å². The van der Waals surface area contributed by atoms with Gasteiger partial charge >= 0.3 is 0 Å². The second kappa shape index (κ2) is 8.23. The quantitative estimate of drug-likeness (QED) is 0.289. The maximum atomic E-state index is 6.24. The van der Waals surface area contributed by atoms with Gasteiger partial charge in [0.25, 0.3) is 0 Å². The van der Waals surface area contributed by atoms with Gasteiger partial charge in [-0.3, -0.25) is 4.98 Å². The number of benzene rings is 2. The van der Waals surface area contributed by atoms with Crippen molar-refractivity contribution < 1.29 is 4.42 Å². The van der Waals surface area contributed by atoms with Gasteiger partial charge in [0.15, 0.2) is 0 Å². The van der Waals surface area contributed by atoms with Gasteiger partial charge in [0, 0.05) is 33.8 Å². The van der Waals surface area contributed by atoms with E-state index in [1.165, 1.54) is 11.1 Å². The standard InChI is InChI=1S/C29H28N2O/c1-18(2)16-20-8-10-21(11-9-20)22-12-14-27(30-17-22)25-7-5-6-23-24-13-15-26(19(3)4)31-29(24)32-28(23)25/h5-15,17-19H,16H2,1-4H3. The first-order valence-corrected chi connectivity index (χ1v) is 11.4. The fraction of sp³-hybridized carbons (Fsp3) is 0.241. The van der Waals surface area contributed by atoms with Crippen LogP contribution < -0.4 is 0 Å². The number of hydrogen-bond acceptors (Lipinski definition) is 3. The zero-order valence-electron chi connectivity index (χ0n) is 19.1. The van der Waals surface area contributed by atoms with Crippen molar-refractivity contribution in [3.05, 3.63) is 84.2 Å². The van der Waals surface area contributed by atoms with Crippen LogP contribution in [-0.2, 0) is 6.42 Å². The number of furan rings is 1. The summed E-state index contributed by atoms with van der Waals surface area (Å²) >= 11 is 0. The van der Waals surface area contributed by atoms with Crippen LogP contribution in [0.4, 0.5) is 0 Å². The summed E-state index contributed by atoms with van der Waals surface area (Å²) in [5.41, 5.74) is 8.14. The summed E-state index contributed by atoms with van der Waals surface area (Å²) in [5, 5.41) is 2.12. The van der Waals surface area contributed by atoms with E-state index in [2.05, 4.69) is 94.4 Å². The molecule has 0 N–H and O–H groups in total. The van der Waals surface area contributed by atoms with Crippen molar-refractivity contribution in [2.24, 2.45) is 5.92 Å². The van der Waals surface area contributed by atoms with Crippen molar-refractivity contribution in [1.29, 1.82) is 0 Å². The van der Waals surface area contributed by atoms with Crippen molar-refractivity contribution in [3.63, 3.8) is 0 Å². The molecule has 3 nitrogen and oxygen atoms in total. The Morgan fingerprint density at radius 1 is 0.781 bits per heavy atom. The van der Waals surface area contributed by atoms with Gasteiger partial charge in [0.1, 0.15) is 5.58 Å². The predicted molar refractivity (Wildman–Crippen MR) is 133 cm³/mol. The maximum absolute atomic E-state index is 6.24. The second-order valence-electron chi connectivity index (χ2n) is 9.25. The van der Waals surface area contributed by atoms with Crippen LogP contribution in [0.2, 0.25) is 0 Å². The first-order valence-electron chi connectivity index (χ1n) is 11.4. The molecule has 160 valence electrons. The van der Waals surface area contributed by atoms with E-state index in [0.717, 1.165) is 45.3 Å². The Morgan fingerprint density at radius 3 is 2.25 bits per heavy atom. The van der Waals surface area contributed by atoms with Gasteiger partial charge in [-0.1, -0.05) is 70.2 Å². The molecule has 3 heterocycles. The molecule has 5 aromatic rings. The van der Waals surface area contributed by atoms with Crippen molar-refractivity contribution in [3.8, 4) is 22.4 Å². The van der Waals surface area contributed by atoms with Crippen LogP contribution in [0.1, 0.15) is 44.9 Å². The van der Waals surface area contributed by atoms with Crippen LogP contribution >= 0.6 is 0 Å². The van der Waals surface area contributed by atoms with Crippen LogP contribution in [0.3, 0.4) is 0 Å². The minimum Gasteiger partial charge on any atom is -0.437 e. The van der Waals surface area contributed by atoms with E-state index >= 15 is 0 Å². The molecule has 5 rings (SSSR count). The van der Waals surface area contributed by atoms with E-state index in [-0.39, 0.29) is 0 Å². The third-order valence-corrected chi connectivity index (χ3v) is 5.95. The Kier molecular flexibility index (Phi) is 5.26. The summed E-state index contributed by atoms with van der Waals surface area (Å²) < 4.78 is 6.24. The third-order valence-electron chi connectivity index (χ3n) is 5.95. The molecule has 0 spiro atoms. The zero-order chi connectivity index (χ0) is 22.2. The minimum atomic E-state index is 0.362. The molecule has 3 aromatic heterocycles. The Balaban J connectivity index is 1.51. The highest BCUT2D eigenvalue weighted by Gasteiger charge is 2.15. The van der Waals surface area contributed by atoms with Gasteiger partial charge in [-0.15, -0.1) is 0 Å². The molecule has 3 heteroatoms. The van der Waals surface area contributed by atoms with Crippen LogP contribution in [0.15, 0.2) is 77.3 Å². The number of nitrogens with zero attached hydrogens (tertiary/aromatic N) is 2. The van der Waals surface area contributed by atoms with Crippen LogP contribution in [-0.4, -0.2) is 9.97 Å². The molecule has 0 aliphatic heterocycles. The zero-order valence-corrected chi connectivity index (χ0v) is 19.1. The molecule has 0 radical (unpaired) electrons. The number of fused-ring (bicyclic) bond motifs is 3. The van der Waals surface area contributed by atoms with Crippen molar-refractivity contribution in [2.45, 2.75) is 40.0 Å². The van der Waals surface area contributed by atoms with E-state index in [1.54, 1.807) is 0 Å². The number of aromatic nitrogens is 2. The van der Waals surface area contributed by atoms with E-state index in [9.17, 15) is 0 Å². The van der Waals surface area contributed by atoms with Gasteiger partial charge in [0.2, 0.25) is 5.71 Å². The SMILES string of the molecule is CC(C)Cc1ccc(-c2ccc(-c3cccc4c3oc3nc(C(C)C)ccc34)nc2)cc1. The highest BCUT2D eigenvalue weighted by molar-refractivity contribution is 6.08. The molecule has 0 aliphatic carbocycles. The molecule has 32 heavy (non-hydrogen) atoms. The summed E-state index contributed by atoms with van der Waals surface area (Å²) in [5.74, 6) is 1.02. The molecule has 0 aliphatic rings. The summed E-state index contributed by atoms with van der Waals surface area (Å²) in [6.07, 6.45) is 3.05. The van der Waals surface area contributed by atoms with Crippen LogP contribution in [0, 0.1) is 5.92 Å². The molecular formula is C29H28N2O. The lowest BCUT2D eigenvalue weighted by Crippen LogP contribution is -1.93. The minimum absolute atomic E-state index is 0.362. The Labute approximate surface area is 189 Å². The average Bonchev–Trinajstić information content (AvgIpc) is 3.17. The first kappa shape index (κ1) is 20.4. The number of rotatable bonds is 5. The Morgan fingerprint density at radius 2 is 1.56 bits per heavy atom. The van der Waals surface area contributed by atoms with Crippen LogP contribution in [0.5, 0.6) is 0 Å². The van der Waals surface area contributed by atoms with E-state index in [1.807, 2.05) is 6.20 Å². The average molecular weight is 421 g/mol. The van der Waals surface area contributed by atoms with Gasteiger partial charge in [0.05, 0.1) is 5.69 Å². The summed E-state index contributed by atoms with van der Waals surface area (Å²) in [7, 11) is 0. The molecule has 0 bridgehead atoms. The molecule has 0 saturated carbocycles. The first-order chi connectivity index (χ1) is 15.5. The van der Waals surface area contributed by atoms with Crippen molar-refractivity contribution in [1.82, 2.24) is 9.97 Å². The highest BCUT2D eigenvalue weighted by atomic mass is 16.3. The summed E-state index contributed by atoms with van der Waals surface area (Å²) in [6, 6.07) is 23.5. The lowest BCUT2D eigenvalue weighted by atomic mass is 9.99. The van der Waals surface area contributed by atoms with Crippen molar-refractivity contribution >= 4 is 22.1 Å². The fourth-order valence-electron chi connectivity index (χ4n) is 4.25. The normalized spacial score (nSPS) is 11.8. The molecule has 0 saturated heterocycles. The van der Waals surface area contributed by atoms with E-state index < -0.39 is 0 Å². The maximum Gasteiger partial charge on any atom is 0.227 e. The smallest absolute Gasteiger partial charge is 0.227 e. The summed E-state index contributed by atoms with van der Waals surface area (Å²) in [4.78, 5) is 9.52. The molecule has 0 unspecified atom stereocenters. The fourth-order valence-corrected chi connectivity index (χ4v) is 4.25. The lowest BCUT2D eigenvalue weighted by molar-refractivity contribution is 0.647. The molecule has 2 aromatic carbocycles. The molecule has 0 fully saturated rings. The van der Waals surface area contributed by atoms with Crippen molar-refractivity contribution in [2.75, 3.05) is 0 Å². The predicted octanol–water partition coefficient (Wildman–Crippen LogP) is 8.03. The molecular weight excluding hydrogens is 392 g/mol. The van der Waals surface area contributed by atoms with Gasteiger partial charge in [-0.2, -0.15) is 0 Å². The molecule has 0 amide bonds. The lowest BCUT2D eigenvalue weighted by Gasteiger charge is -2.07. The van der Waals surface area contributed by atoms with E-state index in [0.29, 0.717) is 17.5 Å².